The van der Waals surface area contributed by atoms with E-state index in [1.165, 1.54) is 18.2 Å². The van der Waals surface area contributed by atoms with Gasteiger partial charge >= 0.3 is 5.69 Å². The van der Waals surface area contributed by atoms with Gasteiger partial charge in [0.15, 0.2) is 0 Å². The molecular formula is C30H32F2N4O2S. The number of nitrogens with zero attached hydrogens (tertiary/aromatic N) is 4. The lowest BCUT2D eigenvalue weighted by Gasteiger charge is -2.45. The van der Waals surface area contributed by atoms with Crippen LogP contribution in [0.3, 0.4) is 0 Å². The summed E-state index contributed by atoms with van der Waals surface area (Å²) in [6, 6.07) is 5.47. The Hall–Kier alpha value is -3.20. The van der Waals surface area contributed by atoms with Crippen LogP contribution in [0, 0.1) is 24.0 Å². The second kappa shape index (κ2) is 9.47. The van der Waals surface area contributed by atoms with Crippen molar-refractivity contribution >= 4 is 34.4 Å². The molecule has 3 heterocycles. The van der Waals surface area contributed by atoms with E-state index >= 15 is 4.39 Å². The molecule has 2 aliphatic heterocycles. The van der Waals surface area contributed by atoms with Crippen molar-refractivity contribution in [3.8, 4) is 11.1 Å². The normalized spacial score (nSPS) is 22.1. The average molecular weight is 551 g/mol. The molecule has 6 rings (SSSR count). The highest BCUT2D eigenvalue weighted by atomic mass is 32.2. The molecular weight excluding hydrogens is 518 g/mol. The first-order valence-electron chi connectivity index (χ1n) is 13.5. The number of carbonyl (C=O) groups excluding carboxylic acids is 1. The smallest absolute Gasteiger partial charge is 0.350 e. The Morgan fingerprint density at radius 1 is 1.18 bits per heavy atom. The topological polar surface area (TPSA) is 58.4 Å². The van der Waals surface area contributed by atoms with E-state index in [0.717, 1.165) is 52.4 Å². The quantitative estimate of drug-likeness (QED) is 0.401. The summed E-state index contributed by atoms with van der Waals surface area (Å²) in [7, 11) is 0. The van der Waals surface area contributed by atoms with Crippen molar-refractivity contribution < 1.29 is 13.6 Å². The maximum absolute atomic E-state index is 15.2. The van der Waals surface area contributed by atoms with E-state index in [-0.39, 0.29) is 29.1 Å². The molecule has 1 spiro atoms. The largest absolute Gasteiger partial charge is 0.352 e. The predicted molar refractivity (Wildman–Crippen MR) is 151 cm³/mol. The van der Waals surface area contributed by atoms with Crippen molar-refractivity contribution in [2.24, 2.45) is 5.41 Å². The number of hydrogen-bond acceptors (Lipinski definition) is 5. The number of halogens is 2. The Balaban J connectivity index is 1.58. The molecule has 3 aromatic rings. The Kier molecular flexibility index (Phi) is 6.32. The standard InChI is InChI=1S/C30H32F2N4O2S/c1-5-24(37)36-18(3)13-34(14-19(36)4)28-22-11-17(2)25(21-8-7-20(31)12-23(21)32)27-26(22)35(29(38)33-28)15-30(16-39-27)9-6-10-30/h5,7-8,11-12,18-19H,1,6,9-10,13-16H2,2-4H3/t18-,19+. The predicted octanol–water partition coefficient (Wildman–Crippen LogP) is 5.54. The summed E-state index contributed by atoms with van der Waals surface area (Å²) < 4.78 is 30.8. The Morgan fingerprint density at radius 3 is 2.51 bits per heavy atom. The summed E-state index contributed by atoms with van der Waals surface area (Å²) in [5.41, 5.74) is 2.35. The van der Waals surface area contributed by atoms with Gasteiger partial charge in [0, 0.05) is 64.9 Å². The summed E-state index contributed by atoms with van der Waals surface area (Å²) in [5.74, 6) is 0.0678. The molecule has 1 aliphatic carbocycles. The minimum absolute atomic E-state index is 0.00978. The van der Waals surface area contributed by atoms with E-state index in [1.54, 1.807) is 16.3 Å². The maximum atomic E-state index is 15.2. The lowest BCUT2D eigenvalue weighted by Crippen LogP contribution is -2.58. The van der Waals surface area contributed by atoms with Crippen molar-refractivity contribution in [1.82, 2.24) is 14.5 Å². The molecule has 1 amide bonds. The zero-order valence-corrected chi connectivity index (χ0v) is 23.3. The third-order valence-corrected chi connectivity index (χ3v) is 10.1. The van der Waals surface area contributed by atoms with Crippen LogP contribution < -0.4 is 10.6 Å². The number of hydrogen-bond donors (Lipinski definition) is 0. The van der Waals surface area contributed by atoms with E-state index in [9.17, 15) is 14.0 Å². The number of rotatable bonds is 3. The van der Waals surface area contributed by atoms with Gasteiger partial charge in [-0.1, -0.05) is 13.0 Å². The number of amides is 1. The average Bonchev–Trinajstić information content (AvgIpc) is 3.05. The van der Waals surface area contributed by atoms with E-state index < -0.39 is 11.6 Å². The lowest BCUT2D eigenvalue weighted by atomic mass is 9.70. The van der Waals surface area contributed by atoms with Crippen molar-refractivity contribution in [2.75, 3.05) is 23.7 Å². The van der Waals surface area contributed by atoms with Crippen LogP contribution in [0.25, 0.3) is 22.0 Å². The van der Waals surface area contributed by atoms with Crippen LogP contribution in [0.4, 0.5) is 14.6 Å². The van der Waals surface area contributed by atoms with Gasteiger partial charge in [-0.25, -0.2) is 13.6 Å². The highest BCUT2D eigenvalue weighted by Crippen LogP contribution is 2.52. The first-order chi connectivity index (χ1) is 18.6. The summed E-state index contributed by atoms with van der Waals surface area (Å²) in [4.78, 5) is 35.6. The molecule has 2 fully saturated rings. The van der Waals surface area contributed by atoms with E-state index in [2.05, 4.69) is 16.5 Å². The zero-order chi connectivity index (χ0) is 27.6. The van der Waals surface area contributed by atoms with Gasteiger partial charge in [-0.15, -0.1) is 11.8 Å². The fourth-order valence-electron chi connectivity index (χ4n) is 6.70. The van der Waals surface area contributed by atoms with Crippen LogP contribution in [0.15, 0.2) is 46.6 Å². The summed E-state index contributed by atoms with van der Waals surface area (Å²) >= 11 is 1.68. The Bertz CT molecular complexity index is 1570. The summed E-state index contributed by atoms with van der Waals surface area (Å²) in [6.07, 6.45) is 4.54. The fourth-order valence-corrected chi connectivity index (χ4v) is 8.30. The Morgan fingerprint density at radius 2 is 1.90 bits per heavy atom. The molecule has 0 bridgehead atoms. The van der Waals surface area contributed by atoms with Gasteiger partial charge in [-0.05, 0) is 68.9 Å². The molecule has 6 nitrogen and oxygen atoms in total. The SMILES string of the molecule is C=CC(=O)N1[C@H](C)CN(c2nc(=O)n3c4c(c(-c5ccc(F)cc5F)c(C)cc24)SCC2(CCC2)C3)C[C@@H]1C. The second-order valence-electron chi connectivity index (χ2n) is 11.4. The van der Waals surface area contributed by atoms with Crippen LogP contribution in [0.1, 0.15) is 38.7 Å². The van der Waals surface area contributed by atoms with Crippen molar-refractivity contribution in [2.45, 2.75) is 63.6 Å². The first kappa shape index (κ1) is 26.0. The van der Waals surface area contributed by atoms with Crippen molar-refractivity contribution in [3.63, 3.8) is 0 Å². The second-order valence-corrected chi connectivity index (χ2v) is 12.4. The first-order valence-corrected chi connectivity index (χ1v) is 14.5. The molecule has 0 N–H and O–H groups in total. The molecule has 1 saturated heterocycles. The molecule has 204 valence electrons. The lowest BCUT2D eigenvalue weighted by molar-refractivity contribution is -0.130. The van der Waals surface area contributed by atoms with E-state index in [1.807, 2.05) is 31.7 Å². The van der Waals surface area contributed by atoms with Gasteiger partial charge in [-0.3, -0.25) is 9.36 Å². The van der Waals surface area contributed by atoms with Crippen LogP contribution in [0.2, 0.25) is 0 Å². The van der Waals surface area contributed by atoms with Crippen LogP contribution in [-0.2, 0) is 11.3 Å². The van der Waals surface area contributed by atoms with Crippen molar-refractivity contribution in [1.29, 1.82) is 0 Å². The highest BCUT2D eigenvalue weighted by molar-refractivity contribution is 7.99. The minimum atomic E-state index is -0.623. The molecule has 0 unspecified atom stereocenters. The van der Waals surface area contributed by atoms with Crippen LogP contribution >= 0.6 is 11.8 Å². The minimum Gasteiger partial charge on any atom is -0.352 e. The van der Waals surface area contributed by atoms with Gasteiger partial charge in [0.25, 0.3) is 0 Å². The van der Waals surface area contributed by atoms with Gasteiger partial charge in [0.2, 0.25) is 5.91 Å². The van der Waals surface area contributed by atoms with Crippen molar-refractivity contribution in [3.05, 3.63) is 64.6 Å². The molecule has 3 aliphatic rings. The zero-order valence-electron chi connectivity index (χ0n) is 22.5. The fraction of sp³-hybridized carbons (Fsp3) is 0.433. The summed E-state index contributed by atoms with van der Waals surface area (Å²) in [6.45, 7) is 11.2. The molecule has 1 saturated carbocycles. The Labute approximate surface area is 230 Å². The number of benzene rings is 2. The number of aryl methyl sites for hydroxylation is 1. The molecule has 9 heteroatoms. The summed E-state index contributed by atoms with van der Waals surface area (Å²) in [5, 5.41) is 0.847. The number of thioether (sulfide) groups is 1. The number of anilines is 1. The van der Waals surface area contributed by atoms with E-state index in [0.29, 0.717) is 36.6 Å². The molecule has 2 atom stereocenters. The van der Waals surface area contributed by atoms with E-state index in [4.69, 9.17) is 0 Å². The van der Waals surface area contributed by atoms with Gasteiger partial charge in [0.05, 0.1) is 5.52 Å². The number of piperazine rings is 1. The third kappa shape index (κ3) is 4.17. The molecule has 2 aromatic carbocycles. The third-order valence-electron chi connectivity index (χ3n) is 8.67. The molecule has 0 radical (unpaired) electrons. The molecule has 1 aromatic heterocycles. The monoisotopic (exact) mass is 550 g/mol. The van der Waals surface area contributed by atoms with Gasteiger partial charge in [-0.2, -0.15) is 4.98 Å². The molecule has 39 heavy (non-hydrogen) atoms. The van der Waals surface area contributed by atoms with Gasteiger partial charge in [0.1, 0.15) is 17.5 Å². The van der Waals surface area contributed by atoms with Gasteiger partial charge < -0.3 is 9.80 Å². The highest BCUT2D eigenvalue weighted by Gasteiger charge is 2.41. The number of carbonyl (C=O) groups is 1. The van der Waals surface area contributed by atoms with Crippen LogP contribution in [-0.4, -0.2) is 51.3 Å². The maximum Gasteiger partial charge on any atom is 0.350 e. The number of aromatic nitrogens is 2. The van der Waals surface area contributed by atoms with Crippen LogP contribution in [0.5, 0.6) is 0 Å².